The van der Waals surface area contributed by atoms with Gasteiger partial charge in [0.2, 0.25) is 5.91 Å². The van der Waals surface area contributed by atoms with E-state index in [4.69, 9.17) is 0 Å². The van der Waals surface area contributed by atoms with Gasteiger partial charge in [0, 0.05) is 37.0 Å². The topological polar surface area (TPSA) is 90.1 Å². The maximum Gasteiger partial charge on any atom is 0.435 e. The second kappa shape index (κ2) is 8.47. The lowest BCUT2D eigenvalue weighted by Gasteiger charge is -2.05. The van der Waals surface area contributed by atoms with Gasteiger partial charge in [-0.2, -0.15) is 18.3 Å². The monoisotopic (exact) mass is 382 g/mol. The van der Waals surface area contributed by atoms with Gasteiger partial charge < -0.3 is 5.32 Å². The van der Waals surface area contributed by atoms with E-state index in [-0.39, 0.29) is 18.8 Å². The number of nitro benzene ring substituents is 1. The summed E-state index contributed by atoms with van der Waals surface area (Å²) in [6.45, 7) is 2.01. The SMILES string of the molecule is Cc1cc(C(F)(F)F)nn1CCCNC(=O)/C=C/c1cccc([N+](=O)[O-])c1. The van der Waals surface area contributed by atoms with Crippen molar-refractivity contribution in [3.05, 3.63) is 63.5 Å². The molecule has 1 aromatic carbocycles. The molecular formula is C17H17F3N4O3. The van der Waals surface area contributed by atoms with Crippen molar-refractivity contribution < 1.29 is 22.9 Å². The van der Waals surface area contributed by atoms with Crippen molar-refractivity contribution in [1.29, 1.82) is 0 Å². The Bertz CT molecular complexity index is 859. The Morgan fingerprint density at radius 2 is 2.11 bits per heavy atom. The lowest BCUT2D eigenvalue weighted by atomic mass is 10.2. The molecule has 1 N–H and O–H groups in total. The number of aryl methyl sites for hydroxylation is 2. The van der Waals surface area contributed by atoms with Crippen LogP contribution in [0.15, 0.2) is 36.4 Å². The number of carbonyl (C=O) groups is 1. The second-order valence-electron chi connectivity index (χ2n) is 5.72. The molecule has 2 rings (SSSR count). The van der Waals surface area contributed by atoms with Crippen LogP contribution in [0.25, 0.3) is 6.08 Å². The number of nitro groups is 1. The number of non-ortho nitro benzene ring substituents is 1. The molecule has 0 fully saturated rings. The zero-order valence-corrected chi connectivity index (χ0v) is 14.4. The van der Waals surface area contributed by atoms with Crippen molar-refractivity contribution in [2.75, 3.05) is 6.54 Å². The van der Waals surface area contributed by atoms with Crippen LogP contribution in [0.3, 0.4) is 0 Å². The fourth-order valence-corrected chi connectivity index (χ4v) is 2.29. The fraction of sp³-hybridized carbons (Fsp3) is 0.294. The van der Waals surface area contributed by atoms with Crippen LogP contribution in [-0.4, -0.2) is 27.2 Å². The lowest BCUT2D eigenvalue weighted by Crippen LogP contribution is -2.23. The van der Waals surface area contributed by atoms with Crippen molar-refractivity contribution in [2.45, 2.75) is 26.1 Å². The summed E-state index contributed by atoms with van der Waals surface area (Å²) in [6.07, 6.45) is -1.41. The molecule has 1 aromatic heterocycles. The number of benzene rings is 1. The number of nitrogens with zero attached hydrogens (tertiary/aromatic N) is 3. The van der Waals surface area contributed by atoms with Crippen LogP contribution >= 0.6 is 0 Å². The molecule has 27 heavy (non-hydrogen) atoms. The molecule has 2 aromatic rings. The Morgan fingerprint density at radius 1 is 1.37 bits per heavy atom. The highest BCUT2D eigenvalue weighted by molar-refractivity contribution is 5.91. The van der Waals surface area contributed by atoms with E-state index in [1.807, 2.05) is 0 Å². The molecule has 1 heterocycles. The number of halogens is 3. The number of hydrogen-bond donors (Lipinski definition) is 1. The number of nitrogens with one attached hydrogen (secondary N) is 1. The number of aromatic nitrogens is 2. The summed E-state index contributed by atoms with van der Waals surface area (Å²) >= 11 is 0. The first-order valence-electron chi connectivity index (χ1n) is 7.99. The Morgan fingerprint density at radius 3 is 2.74 bits per heavy atom. The third-order valence-electron chi connectivity index (χ3n) is 3.63. The molecule has 0 aliphatic carbocycles. The summed E-state index contributed by atoms with van der Waals surface area (Å²) < 4.78 is 39.0. The first kappa shape index (κ1) is 20.1. The van der Waals surface area contributed by atoms with Crippen molar-refractivity contribution in [3.8, 4) is 0 Å². The van der Waals surface area contributed by atoms with E-state index in [0.717, 1.165) is 6.07 Å². The van der Waals surface area contributed by atoms with Crippen LogP contribution in [0.5, 0.6) is 0 Å². The Kier molecular flexibility index (Phi) is 6.32. The van der Waals surface area contributed by atoms with Crippen LogP contribution in [0.1, 0.15) is 23.4 Å². The van der Waals surface area contributed by atoms with Crippen LogP contribution in [0.4, 0.5) is 18.9 Å². The largest absolute Gasteiger partial charge is 0.435 e. The summed E-state index contributed by atoms with van der Waals surface area (Å²) in [5, 5.41) is 16.8. The van der Waals surface area contributed by atoms with E-state index in [0.29, 0.717) is 17.7 Å². The van der Waals surface area contributed by atoms with Crippen molar-refractivity contribution in [3.63, 3.8) is 0 Å². The van der Waals surface area contributed by atoms with Crippen LogP contribution in [0, 0.1) is 17.0 Å². The van der Waals surface area contributed by atoms with E-state index < -0.39 is 22.7 Å². The highest BCUT2D eigenvalue weighted by Crippen LogP contribution is 2.28. The Balaban J connectivity index is 1.80. The van der Waals surface area contributed by atoms with E-state index in [1.54, 1.807) is 6.07 Å². The van der Waals surface area contributed by atoms with Gasteiger partial charge in [0.05, 0.1) is 4.92 Å². The molecule has 0 radical (unpaired) electrons. The van der Waals surface area contributed by atoms with Crippen molar-refractivity contribution >= 4 is 17.7 Å². The Labute approximate surface area is 152 Å². The van der Waals surface area contributed by atoms with Gasteiger partial charge in [-0.1, -0.05) is 12.1 Å². The molecule has 0 saturated heterocycles. The highest BCUT2D eigenvalue weighted by atomic mass is 19.4. The fourth-order valence-electron chi connectivity index (χ4n) is 2.29. The number of hydrogen-bond acceptors (Lipinski definition) is 4. The number of amides is 1. The normalized spacial score (nSPS) is 11.7. The molecule has 0 atom stereocenters. The van der Waals surface area contributed by atoms with Crippen molar-refractivity contribution in [1.82, 2.24) is 15.1 Å². The van der Waals surface area contributed by atoms with E-state index >= 15 is 0 Å². The zero-order valence-electron chi connectivity index (χ0n) is 14.4. The van der Waals surface area contributed by atoms with Gasteiger partial charge >= 0.3 is 6.18 Å². The maximum absolute atomic E-state index is 12.6. The molecule has 144 valence electrons. The first-order chi connectivity index (χ1) is 12.7. The number of rotatable bonds is 7. The summed E-state index contributed by atoms with van der Waals surface area (Å²) in [5.74, 6) is -0.408. The quantitative estimate of drug-likeness (QED) is 0.344. The van der Waals surface area contributed by atoms with Gasteiger partial charge in [0.25, 0.3) is 5.69 Å². The van der Waals surface area contributed by atoms with E-state index in [1.165, 1.54) is 42.0 Å². The molecule has 0 aliphatic heterocycles. The summed E-state index contributed by atoms with van der Waals surface area (Å²) in [4.78, 5) is 21.9. The second-order valence-corrected chi connectivity index (χ2v) is 5.72. The summed E-state index contributed by atoms with van der Waals surface area (Å²) in [6, 6.07) is 6.79. The molecule has 1 amide bonds. The molecule has 0 unspecified atom stereocenters. The molecular weight excluding hydrogens is 365 g/mol. The molecule has 0 bridgehead atoms. The summed E-state index contributed by atoms with van der Waals surface area (Å²) in [7, 11) is 0. The predicted octanol–water partition coefficient (Wildman–Crippen LogP) is 3.34. The van der Waals surface area contributed by atoms with Gasteiger partial charge in [0.15, 0.2) is 5.69 Å². The average Bonchev–Trinajstić information content (AvgIpc) is 2.98. The zero-order chi connectivity index (χ0) is 20.0. The Hall–Kier alpha value is -3.17. The third kappa shape index (κ3) is 5.94. The average molecular weight is 382 g/mol. The van der Waals surface area contributed by atoms with Crippen molar-refractivity contribution in [2.24, 2.45) is 0 Å². The van der Waals surface area contributed by atoms with Crippen LogP contribution in [-0.2, 0) is 17.5 Å². The molecule has 10 heteroatoms. The minimum atomic E-state index is -4.48. The molecule has 0 spiro atoms. The van der Waals surface area contributed by atoms with Crippen LogP contribution in [0.2, 0.25) is 0 Å². The minimum absolute atomic E-state index is 0.0784. The highest BCUT2D eigenvalue weighted by Gasteiger charge is 2.34. The van der Waals surface area contributed by atoms with Gasteiger partial charge in [-0.15, -0.1) is 0 Å². The number of carbonyl (C=O) groups excluding carboxylic acids is 1. The minimum Gasteiger partial charge on any atom is -0.352 e. The van der Waals surface area contributed by atoms with Crippen LogP contribution < -0.4 is 5.32 Å². The summed E-state index contributed by atoms with van der Waals surface area (Å²) in [5.41, 5.74) is -0.125. The standard InChI is InChI=1S/C17H17F3N4O3/c1-12-10-15(17(18,19)20)22-23(12)9-3-8-21-16(25)7-6-13-4-2-5-14(11-13)24(26)27/h2,4-7,10-11H,3,8-9H2,1H3,(H,21,25)/b7-6+. The van der Waals surface area contributed by atoms with E-state index in [9.17, 15) is 28.1 Å². The lowest BCUT2D eigenvalue weighted by molar-refractivity contribution is -0.384. The van der Waals surface area contributed by atoms with Gasteiger partial charge in [0.1, 0.15) is 0 Å². The van der Waals surface area contributed by atoms with Gasteiger partial charge in [-0.3, -0.25) is 19.6 Å². The maximum atomic E-state index is 12.6. The van der Waals surface area contributed by atoms with Gasteiger partial charge in [-0.25, -0.2) is 0 Å². The molecule has 0 saturated carbocycles. The number of alkyl halides is 3. The third-order valence-corrected chi connectivity index (χ3v) is 3.63. The molecule has 7 nitrogen and oxygen atoms in total. The first-order valence-corrected chi connectivity index (χ1v) is 7.99. The smallest absolute Gasteiger partial charge is 0.352 e. The molecule has 0 aliphatic rings. The van der Waals surface area contributed by atoms with E-state index in [2.05, 4.69) is 10.4 Å². The predicted molar refractivity (Wildman–Crippen MR) is 91.7 cm³/mol. The van der Waals surface area contributed by atoms with Gasteiger partial charge in [-0.05, 0) is 31.1 Å².